The highest BCUT2D eigenvalue weighted by Crippen LogP contribution is 2.32. The van der Waals surface area contributed by atoms with Gasteiger partial charge in [0.25, 0.3) is 0 Å². The Morgan fingerprint density at radius 1 is 1.17 bits per heavy atom. The van der Waals surface area contributed by atoms with Crippen LogP contribution in [0.3, 0.4) is 0 Å². The lowest BCUT2D eigenvalue weighted by molar-refractivity contribution is -0.120. The van der Waals surface area contributed by atoms with Crippen LogP contribution in [-0.4, -0.2) is 26.3 Å². The van der Waals surface area contributed by atoms with E-state index in [1.807, 2.05) is 30.3 Å². The van der Waals surface area contributed by atoms with Gasteiger partial charge in [0.1, 0.15) is 0 Å². The maximum absolute atomic E-state index is 11.8. The highest BCUT2D eigenvalue weighted by atomic mass is 35.5. The lowest BCUT2D eigenvalue weighted by Gasteiger charge is -2.09. The number of hydrazone groups is 1. The Kier molecular flexibility index (Phi) is 6.00. The number of nitrogens with zero attached hydrogens (tertiary/aromatic N) is 1. The van der Waals surface area contributed by atoms with Gasteiger partial charge in [0, 0.05) is 11.6 Å². The molecule has 0 aliphatic heterocycles. The fourth-order valence-corrected chi connectivity index (χ4v) is 2.17. The summed E-state index contributed by atoms with van der Waals surface area (Å²) >= 11 is 6.14. The third kappa shape index (κ3) is 4.72. The summed E-state index contributed by atoms with van der Waals surface area (Å²) in [5, 5.41) is 4.37. The molecule has 0 bridgehead atoms. The number of nitrogens with one attached hydrogen (secondary N) is 1. The Hall–Kier alpha value is -2.53. The molecule has 0 saturated heterocycles. The van der Waals surface area contributed by atoms with Gasteiger partial charge in [-0.25, -0.2) is 5.43 Å². The fraction of sp³-hybridized carbons (Fsp3) is 0.176. The zero-order chi connectivity index (χ0) is 16.7. The van der Waals surface area contributed by atoms with Crippen molar-refractivity contribution >= 4 is 23.7 Å². The molecule has 0 saturated carbocycles. The zero-order valence-corrected chi connectivity index (χ0v) is 13.6. The molecule has 0 heterocycles. The highest BCUT2D eigenvalue weighted by molar-refractivity contribution is 6.33. The van der Waals surface area contributed by atoms with E-state index in [2.05, 4.69) is 10.5 Å². The molecule has 2 aromatic rings. The Morgan fingerprint density at radius 2 is 1.83 bits per heavy atom. The molecular weight excluding hydrogens is 316 g/mol. The summed E-state index contributed by atoms with van der Waals surface area (Å²) in [7, 11) is 3.07. The second-order valence-electron chi connectivity index (χ2n) is 4.68. The molecule has 0 unspecified atom stereocenters. The largest absolute Gasteiger partial charge is 0.493 e. The van der Waals surface area contributed by atoms with Crippen LogP contribution >= 0.6 is 11.6 Å². The van der Waals surface area contributed by atoms with Crippen molar-refractivity contribution in [2.45, 2.75) is 6.42 Å². The Bertz CT molecular complexity index is 702. The van der Waals surface area contributed by atoms with Crippen LogP contribution in [0.4, 0.5) is 0 Å². The molecule has 120 valence electrons. The monoisotopic (exact) mass is 332 g/mol. The molecular formula is C17H17ClN2O3. The average Bonchev–Trinajstić information content (AvgIpc) is 2.56. The van der Waals surface area contributed by atoms with E-state index in [1.165, 1.54) is 20.4 Å². The number of hydrogen-bond donors (Lipinski definition) is 1. The summed E-state index contributed by atoms with van der Waals surface area (Å²) in [5.74, 6) is 0.862. The van der Waals surface area contributed by atoms with E-state index < -0.39 is 0 Å². The van der Waals surface area contributed by atoms with Crippen LogP contribution in [0, 0.1) is 0 Å². The lowest BCUT2D eigenvalue weighted by atomic mass is 10.1. The first-order valence-electron chi connectivity index (χ1n) is 6.91. The number of hydrogen-bond acceptors (Lipinski definition) is 4. The maximum Gasteiger partial charge on any atom is 0.244 e. The van der Waals surface area contributed by atoms with Gasteiger partial charge in [-0.2, -0.15) is 5.10 Å². The minimum atomic E-state index is -0.205. The molecule has 2 rings (SSSR count). The molecule has 0 spiro atoms. The molecule has 0 atom stereocenters. The maximum atomic E-state index is 11.8. The summed E-state index contributed by atoms with van der Waals surface area (Å²) in [6.07, 6.45) is 1.73. The van der Waals surface area contributed by atoms with Crippen LogP contribution in [0.2, 0.25) is 5.02 Å². The molecule has 5 nitrogen and oxygen atoms in total. The van der Waals surface area contributed by atoms with Gasteiger partial charge in [-0.05, 0) is 11.6 Å². The van der Waals surface area contributed by atoms with Crippen molar-refractivity contribution in [3.8, 4) is 11.5 Å². The molecule has 1 amide bonds. The first kappa shape index (κ1) is 16.8. The number of rotatable bonds is 6. The molecule has 0 aromatic heterocycles. The zero-order valence-electron chi connectivity index (χ0n) is 12.9. The van der Waals surface area contributed by atoms with Crippen LogP contribution in [0.5, 0.6) is 11.5 Å². The van der Waals surface area contributed by atoms with E-state index in [0.717, 1.165) is 5.56 Å². The summed E-state index contributed by atoms with van der Waals surface area (Å²) in [4.78, 5) is 11.8. The number of carbonyl (C=O) groups is 1. The van der Waals surface area contributed by atoms with Crippen LogP contribution in [0.15, 0.2) is 47.6 Å². The molecule has 0 fully saturated rings. The Morgan fingerprint density at radius 3 is 2.48 bits per heavy atom. The van der Waals surface area contributed by atoms with Crippen molar-refractivity contribution in [3.05, 3.63) is 58.6 Å². The Labute approximate surface area is 139 Å². The quantitative estimate of drug-likeness (QED) is 0.653. The van der Waals surface area contributed by atoms with Gasteiger partial charge in [0.05, 0.1) is 31.9 Å². The van der Waals surface area contributed by atoms with Gasteiger partial charge in [0.15, 0.2) is 11.5 Å². The summed E-state index contributed by atoms with van der Waals surface area (Å²) in [6, 6.07) is 12.8. The average molecular weight is 333 g/mol. The molecule has 2 aromatic carbocycles. The van der Waals surface area contributed by atoms with Gasteiger partial charge in [0.2, 0.25) is 5.91 Å². The van der Waals surface area contributed by atoms with Crippen molar-refractivity contribution in [1.82, 2.24) is 5.43 Å². The SMILES string of the molecule is COc1cc(Cl)c(/C=N/NC(=O)Cc2ccccc2)cc1OC. The van der Waals surface area contributed by atoms with E-state index in [9.17, 15) is 4.79 Å². The minimum absolute atomic E-state index is 0.205. The highest BCUT2D eigenvalue weighted by Gasteiger charge is 2.08. The smallest absolute Gasteiger partial charge is 0.244 e. The number of carbonyl (C=O) groups excluding carboxylic acids is 1. The van der Waals surface area contributed by atoms with Gasteiger partial charge in [-0.1, -0.05) is 41.9 Å². The third-order valence-corrected chi connectivity index (χ3v) is 3.43. The second-order valence-corrected chi connectivity index (χ2v) is 5.09. The van der Waals surface area contributed by atoms with Crippen molar-refractivity contribution in [3.63, 3.8) is 0 Å². The van der Waals surface area contributed by atoms with Crippen molar-refractivity contribution in [2.75, 3.05) is 14.2 Å². The van der Waals surface area contributed by atoms with Crippen molar-refractivity contribution < 1.29 is 14.3 Å². The summed E-state index contributed by atoms with van der Waals surface area (Å²) in [5.41, 5.74) is 4.01. The molecule has 1 N–H and O–H groups in total. The Balaban J connectivity index is 2.01. The number of halogens is 1. The van der Waals surface area contributed by atoms with Gasteiger partial charge in [-0.3, -0.25) is 4.79 Å². The first-order chi connectivity index (χ1) is 11.1. The first-order valence-corrected chi connectivity index (χ1v) is 7.29. The lowest BCUT2D eigenvalue weighted by Crippen LogP contribution is -2.19. The van der Waals surface area contributed by atoms with Crippen LogP contribution < -0.4 is 14.9 Å². The van der Waals surface area contributed by atoms with Crippen molar-refractivity contribution in [1.29, 1.82) is 0 Å². The topological polar surface area (TPSA) is 59.9 Å². The standard InChI is InChI=1S/C17H17ClN2O3/c1-22-15-9-13(14(18)10-16(15)23-2)11-19-20-17(21)8-12-6-4-3-5-7-12/h3-7,9-11H,8H2,1-2H3,(H,20,21)/b19-11+. The second kappa shape index (κ2) is 8.19. The summed E-state index contributed by atoms with van der Waals surface area (Å²) in [6.45, 7) is 0. The normalized spacial score (nSPS) is 10.6. The molecule has 6 heteroatoms. The van der Waals surface area contributed by atoms with E-state index in [4.69, 9.17) is 21.1 Å². The summed E-state index contributed by atoms with van der Waals surface area (Å²) < 4.78 is 10.4. The van der Waals surface area contributed by atoms with E-state index in [0.29, 0.717) is 22.1 Å². The predicted octanol–water partition coefficient (Wildman–Crippen LogP) is 3.05. The minimum Gasteiger partial charge on any atom is -0.493 e. The van der Waals surface area contributed by atoms with Gasteiger partial charge >= 0.3 is 0 Å². The number of benzene rings is 2. The number of ether oxygens (including phenoxy) is 2. The van der Waals surface area contributed by atoms with Crippen molar-refractivity contribution in [2.24, 2.45) is 5.10 Å². The van der Waals surface area contributed by atoms with E-state index >= 15 is 0 Å². The molecule has 0 radical (unpaired) electrons. The fourth-order valence-electron chi connectivity index (χ4n) is 1.96. The van der Waals surface area contributed by atoms with E-state index in [1.54, 1.807) is 12.1 Å². The van der Waals surface area contributed by atoms with E-state index in [-0.39, 0.29) is 12.3 Å². The van der Waals surface area contributed by atoms with Crippen LogP contribution in [0.1, 0.15) is 11.1 Å². The molecule has 0 aliphatic rings. The van der Waals surface area contributed by atoms with Gasteiger partial charge < -0.3 is 9.47 Å². The third-order valence-electron chi connectivity index (χ3n) is 3.10. The predicted molar refractivity (Wildman–Crippen MR) is 90.4 cm³/mol. The molecule has 23 heavy (non-hydrogen) atoms. The molecule has 0 aliphatic carbocycles. The van der Waals surface area contributed by atoms with Gasteiger partial charge in [-0.15, -0.1) is 0 Å². The van der Waals surface area contributed by atoms with Crippen LogP contribution in [-0.2, 0) is 11.2 Å². The number of amides is 1. The number of methoxy groups -OCH3 is 2. The van der Waals surface area contributed by atoms with Crippen LogP contribution in [0.25, 0.3) is 0 Å².